The Morgan fingerprint density at radius 1 is 1.00 bits per heavy atom. The number of nitrogens with zero attached hydrogens (tertiary/aromatic N) is 4. The van der Waals surface area contributed by atoms with Crippen molar-refractivity contribution in [1.82, 2.24) is 19.7 Å². The minimum absolute atomic E-state index is 0.0289. The Kier molecular flexibility index (Phi) is 5.09. The Bertz CT molecular complexity index is 804. The van der Waals surface area contributed by atoms with Crippen LogP contribution in [-0.4, -0.2) is 64.1 Å². The van der Waals surface area contributed by atoms with Crippen molar-refractivity contribution >= 4 is 5.91 Å². The fourth-order valence-electron chi connectivity index (χ4n) is 5.15. The fraction of sp³-hybridized carbons (Fsp3) is 0.591. The van der Waals surface area contributed by atoms with Crippen molar-refractivity contribution in [3.05, 3.63) is 48.5 Å². The molecule has 1 saturated carbocycles. The Morgan fingerprint density at radius 3 is 2.31 bits per heavy atom. The third-order valence-corrected chi connectivity index (χ3v) is 6.76. The molecule has 3 heterocycles. The van der Waals surface area contributed by atoms with E-state index in [1.807, 2.05) is 23.1 Å². The number of fused-ring (bicyclic) bond motifs is 1. The van der Waals surface area contributed by atoms with Gasteiger partial charge < -0.3 is 14.4 Å². The summed E-state index contributed by atoms with van der Waals surface area (Å²) < 4.78 is 14.1. The molecule has 7 heteroatoms. The molecule has 1 aromatic carbocycles. The van der Waals surface area contributed by atoms with E-state index >= 15 is 0 Å². The zero-order chi connectivity index (χ0) is 19.7. The zero-order valence-corrected chi connectivity index (χ0v) is 16.7. The summed E-state index contributed by atoms with van der Waals surface area (Å²) >= 11 is 0. The summed E-state index contributed by atoms with van der Waals surface area (Å²) in [6.45, 7) is 2.25. The van der Waals surface area contributed by atoms with E-state index in [2.05, 4.69) is 22.2 Å². The molecule has 7 nitrogen and oxygen atoms in total. The molecular formula is C22H28N4O3. The monoisotopic (exact) mass is 396 g/mol. The second kappa shape index (κ2) is 7.88. The summed E-state index contributed by atoms with van der Waals surface area (Å²) in [6, 6.07) is 10.4. The van der Waals surface area contributed by atoms with Gasteiger partial charge in [-0.3, -0.25) is 4.79 Å². The van der Waals surface area contributed by atoms with E-state index in [-0.39, 0.29) is 24.2 Å². The minimum atomic E-state index is -0.396. The molecule has 29 heavy (non-hydrogen) atoms. The molecule has 3 aliphatic rings. The molecule has 0 N–H and O–H groups in total. The standard InChI is InChI=1S/C22H28N4O3/c27-21(22(9-5-2-6-10-22)17-7-3-1-4-8-17)25-11-19-20(12-25)29-14-18(13-28-19)26-16-23-15-24-26/h1,3-4,7-8,15-16,18-20H,2,5-6,9-14H2/t19-,20-/m0/s1. The second-order valence-corrected chi connectivity index (χ2v) is 8.49. The van der Waals surface area contributed by atoms with Gasteiger partial charge in [-0.05, 0) is 18.4 Å². The Hall–Kier alpha value is -2.25. The van der Waals surface area contributed by atoms with Crippen LogP contribution in [0.2, 0.25) is 0 Å². The predicted molar refractivity (Wildman–Crippen MR) is 106 cm³/mol. The average molecular weight is 396 g/mol. The SMILES string of the molecule is O=C(N1C[C@@H]2OCC(n3cncn3)CO[C@H]2C1)C1(c2ccccc2)CCCCC1. The molecule has 2 saturated heterocycles. The first-order chi connectivity index (χ1) is 14.3. The number of rotatable bonds is 3. The van der Waals surface area contributed by atoms with Gasteiger partial charge in [0.25, 0.3) is 0 Å². The lowest BCUT2D eigenvalue weighted by atomic mass is 9.68. The number of carbonyl (C=O) groups excluding carboxylic acids is 1. The molecule has 1 amide bonds. The first kappa shape index (κ1) is 18.8. The smallest absolute Gasteiger partial charge is 0.233 e. The van der Waals surface area contributed by atoms with Crippen molar-refractivity contribution < 1.29 is 14.3 Å². The van der Waals surface area contributed by atoms with E-state index in [0.29, 0.717) is 26.3 Å². The van der Waals surface area contributed by atoms with Crippen LogP contribution in [0.15, 0.2) is 43.0 Å². The number of carbonyl (C=O) groups is 1. The molecular weight excluding hydrogens is 368 g/mol. The number of amides is 1. The maximum atomic E-state index is 13.8. The molecule has 2 aromatic rings. The van der Waals surface area contributed by atoms with Crippen LogP contribution in [0.1, 0.15) is 43.7 Å². The molecule has 2 aliphatic heterocycles. The van der Waals surface area contributed by atoms with E-state index in [1.165, 1.54) is 12.7 Å². The number of hydrogen-bond donors (Lipinski definition) is 0. The normalized spacial score (nSPS) is 27.4. The van der Waals surface area contributed by atoms with Gasteiger partial charge >= 0.3 is 0 Å². The first-order valence-corrected chi connectivity index (χ1v) is 10.7. The molecule has 0 radical (unpaired) electrons. The third-order valence-electron chi connectivity index (χ3n) is 6.76. The number of hydrogen-bond acceptors (Lipinski definition) is 5. The molecule has 2 atom stereocenters. The predicted octanol–water partition coefficient (Wildman–Crippen LogP) is 2.35. The zero-order valence-electron chi connectivity index (χ0n) is 16.7. The van der Waals surface area contributed by atoms with Gasteiger partial charge in [0.2, 0.25) is 5.91 Å². The largest absolute Gasteiger partial charge is 0.371 e. The number of benzene rings is 1. The van der Waals surface area contributed by atoms with Gasteiger partial charge in [0.15, 0.2) is 0 Å². The Balaban J connectivity index is 1.31. The van der Waals surface area contributed by atoms with Crippen LogP contribution in [0, 0.1) is 0 Å². The van der Waals surface area contributed by atoms with Crippen LogP contribution >= 0.6 is 0 Å². The third kappa shape index (κ3) is 3.46. The van der Waals surface area contributed by atoms with Crippen molar-refractivity contribution in [2.45, 2.75) is 55.8 Å². The number of ether oxygens (including phenoxy) is 2. The second-order valence-electron chi connectivity index (χ2n) is 8.49. The van der Waals surface area contributed by atoms with Gasteiger partial charge in [-0.25, -0.2) is 9.67 Å². The van der Waals surface area contributed by atoms with E-state index in [0.717, 1.165) is 31.2 Å². The highest BCUT2D eigenvalue weighted by atomic mass is 16.6. The fourth-order valence-corrected chi connectivity index (χ4v) is 5.15. The van der Waals surface area contributed by atoms with Gasteiger partial charge in [-0.15, -0.1) is 0 Å². The van der Waals surface area contributed by atoms with Crippen LogP contribution < -0.4 is 0 Å². The summed E-state index contributed by atoms with van der Waals surface area (Å²) in [5.74, 6) is 0.247. The van der Waals surface area contributed by atoms with Crippen molar-refractivity contribution in [2.75, 3.05) is 26.3 Å². The van der Waals surface area contributed by atoms with E-state index in [1.54, 1.807) is 11.0 Å². The van der Waals surface area contributed by atoms with E-state index < -0.39 is 5.41 Å². The Morgan fingerprint density at radius 2 is 1.69 bits per heavy atom. The molecule has 0 unspecified atom stereocenters. The summed E-state index contributed by atoms with van der Waals surface area (Å²) in [6.07, 6.45) is 8.34. The summed E-state index contributed by atoms with van der Waals surface area (Å²) in [5, 5.41) is 4.20. The van der Waals surface area contributed by atoms with E-state index in [4.69, 9.17) is 9.47 Å². The van der Waals surface area contributed by atoms with Crippen molar-refractivity contribution in [3.63, 3.8) is 0 Å². The molecule has 0 spiro atoms. The average Bonchev–Trinajstić information content (AvgIpc) is 3.41. The minimum Gasteiger partial charge on any atom is -0.371 e. The highest BCUT2D eigenvalue weighted by molar-refractivity contribution is 5.88. The molecule has 0 bridgehead atoms. The van der Waals surface area contributed by atoms with Crippen molar-refractivity contribution in [2.24, 2.45) is 0 Å². The maximum absolute atomic E-state index is 13.8. The molecule has 5 rings (SSSR count). The molecule has 1 aliphatic carbocycles. The molecule has 154 valence electrons. The highest BCUT2D eigenvalue weighted by Crippen LogP contribution is 2.42. The van der Waals surface area contributed by atoms with Gasteiger partial charge in [0, 0.05) is 13.1 Å². The quantitative estimate of drug-likeness (QED) is 0.797. The van der Waals surface area contributed by atoms with Crippen LogP contribution in [0.5, 0.6) is 0 Å². The maximum Gasteiger partial charge on any atom is 0.233 e. The van der Waals surface area contributed by atoms with Crippen molar-refractivity contribution in [1.29, 1.82) is 0 Å². The van der Waals surface area contributed by atoms with E-state index in [9.17, 15) is 4.79 Å². The first-order valence-electron chi connectivity index (χ1n) is 10.7. The summed E-state index contributed by atoms with van der Waals surface area (Å²) in [4.78, 5) is 19.8. The number of aromatic nitrogens is 3. The van der Waals surface area contributed by atoms with Gasteiger partial charge in [-0.2, -0.15) is 5.10 Å². The lowest BCUT2D eigenvalue weighted by molar-refractivity contribution is -0.138. The lowest BCUT2D eigenvalue weighted by Crippen LogP contribution is -2.48. The summed E-state index contributed by atoms with van der Waals surface area (Å²) in [5.41, 5.74) is 0.761. The summed E-state index contributed by atoms with van der Waals surface area (Å²) in [7, 11) is 0. The van der Waals surface area contributed by atoms with Crippen LogP contribution in [0.4, 0.5) is 0 Å². The van der Waals surface area contributed by atoms with Gasteiger partial charge in [0.05, 0.1) is 18.6 Å². The molecule has 3 fully saturated rings. The van der Waals surface area contributed by atoms with Crippen LogP contribution in [0.3, 0.4) is 0 Å². The van der Waals surface area contributed by atoms with Crippen LogP contribution in [0.25, 0.3) is 0 Å². The topological polar surface area (TPSA) is 69.5 Å². The van der Waals surface area contributed by atoms with Gasteiger partial charge in [0.1, 0.15) is 30.9 Å². The van der Waals surface area contributed by atoms with Gasteiger partial charge in [-0.1, -0.05) is 49.6 Å². The number of likely N-dealkylation sites (tertiary alicyclic amines) is 1. The lowest BCUT2D eigenvalue weighted by Gasteiger charge is -2.39. The highest BCUT2D eigenvalue weighted by Gasteiger charge is 2.48. The Labute approximate surface area is 171 Å². The van der Waals surface area contributed by atoms with Crippen LogP contribution in [-0.2, 0) is 19.7 Å². The van der Waals surface area contributed by atoms with Crippen molar-refractivity contribution in [3.8, 4) is 0 Å². The molecule has 1 aromatic heterocycles.